The molecule has 1 aliphatic heterocycles. The van der Waals surface area contributed by atoms with Gasteiger partial charge < -0.3 is 0 Å². The zero-order chi connectivity index (χ0) is 43.8. The van der Waals surface area contributed by atoms with Crippen LogP contribution < -0.4 is 4.90 Å². The minimum absolute atomic E-state index is 0.308. The summed E-state index contributed by atoms with van der Waals surface area (Å²) in [4.78, 5) is 13.4. The van der Waals surface area contributed by atoms with Gasteiger partial charge in [0, 0.05) is 27.0 Å². The van der Waals surface area contributed by atoms with Crippen LogP contribution in [0.15, 0.2) is 206 Å². The van der Waals surface area contributed by atoms with Gasteiger partial charge in [0.25, 0.3) is 0 Å². The van der Waals surface area contributed by atoms with Gasteiger partial charge in [0.2, 0.25) is 0 Å². The van der Waals surface area contributed by atoms with E-state index in [0.717, 1.165) is 67.0 Å². The third-order valence-electron chi connectivity index (χ3n) is 13.5. The summed E-state index contributed by atoms with van der Waals surface area (Å²) in [6.07, 6.45) is 0. The highest BCUT2D eigenvalue weighted by Gasteiger charge is 2.38. The molecule has 0 bridgehead atoms. The molecule has 0 spiro atoms. The number of aromatic nitrogens is 3. The zero-order valence-corrected chi connectivity index (χ0v) is 36.9. The Hall–Kier alpha value is -8.08. The average Bonchev–Trinajstić information content (AvgIpc) is 3.69. The summed E-state index contributed by atoms with van der Waals surface area (Å²) in [6, 6.07) is 74.8. The molecule has 0 aliphatic carbocycles. The van der Waals surface area contributed by atoms with E-state index in [-0.39, 0.29) is 5.41 Å². The molecule has 13 rings (SSSR count). The standard InChI is InChI=1S/C59H40N4.C2H6/c1-59(2)49-28-10-14-32-54(49)63(58-35-47(44-24-8-12-30-52(44)61-58)42-27-16-20-38-18-4-6-22-40(38)42)56-36-55-48(33-50(56)59)45-25-9-13-31-53(45)62(55)57-34-46(43-23-7-11-29-51(43)60-57)41-26-15-19-37-17-3-5-21-39(37)41;1-2/h3-36H,1-2H3;1-2H3. The Morgan fingerprint density at radius 2 is 0.846 bits per heavy atom. The maximum Gasteiger partial charge on any atom is 0.138 e. The van der Waals surface area contributed by atoms with Gasteiger partial charge in [0.05, 0.1) is 33.4 Å². The van der Waals surface area contributed by atoms with E-state index in [1.54, 1.807) is 0 Å². The van der Waals surface area contributed by atoms with Crippen molar-refractivity contribution in [2.75, 3.05) is 4.90 Å². The summed E-state index contributed by atoms with van der Waals surface area (Å²) in [5.74, 6) is 1.76. The van der Waals surface area contributed by atoms with E-state index in [9.17, 15) is 0 Å². The van der Waals surface area contributed by atoms with E-state index in [1.165, 1.54) is 54.6 Å². The second kappa shape index (κ2) is 15.0. The minimum atomic E-state index is -0.308. The highest BCUT2D eigenvalue weighted by molar-refractivity contribution is 6.13. The molecule has 0 fully saturated rings. The number of rotatable bonds is 4. The van der Waals surface area contributed by atoms with Gasteiger partial charge in [-0.2, -0.15) is 0 Å². The second-order valence-electron chi connectivity index (χ2n) is 17.4. The zero-order valence-electron chi connectivity index (χ0n) is 36.9. The van der Waals surface area contributed by atoms with Crippen molar-refractivity contribution in [3.63, 3.8) is 0 Å². The van der Waals surface area contributed by atoms with Crippen molar-refractivity contribution in [1.82, 2.24) is 14.5 Å². The Morgan fingerprint density at radius 3 is 1.49 bits per heavy atom. The molecule has 4 nitrogen and oxygen atoms in total. The van der Waals surface area contributed by atoms with Crippen molar-refractivity contribution < 1.29 is 0 Å². The Bertz CT molecular complexity index is 3850. The first kappa shape index (κ1) is 38.6. The molecule has 0 radical (unpaired) electrons. The van der Waals surface area contributed by atoms with Crippen LogP contribution in [-0.4, -0.2) is 14.5 Å². The van der Waals surface area contributed by atoms with Crippen molar-refractivity contribution in [3.05, 3.63) is 217 Å². The lowest BCUT2D eigenvalue weighted by Crippen LogP contribution is -2.31. The Labute approximate surface area is 378 Å². The molecule has 0 atom stereocenters. The minimum Gasteiger partial charge on any atom is -0.294 e. The lowest BCUT2D eigenvalue weighted by Gasteiger charge is -2.41. The summed E-state index contributed by atoms with van der Waals surface area (Å²) in [7, 11) is 0. The molecule has 3 aromatic heterocycles. The van der Waals surface area contributed by atoms with E-state index in [0.29, 0.717) is 0 Å². The van der Waals surface area contributed by atoms with Crippen molar-refractivity contribution >= 4 is 82.3 Å². The summed E-state index contributed by atoms with van der Waals surface area (Å²) >= 11 is 0. The van der Waals surface area contributed by atoms with Crippen LogP contribution in [0.5, 0.6) is 0 Å². The number of anilines is 3. The normalized spacial score (nSPS) is 13.0. The van der Waals surface area contributed by atoms with Gasteiger partial charge in [-0.25, -0.2) is 9.97 Å². The largest absolute Gasteiger partial charge is 0.294 e. The van der Waals surface area contributed by atoms with Crippen LogP contribution in [0, 0.1) is 0 Å². The molecule has 0 unspecified atom stereocenters. The lowest BCUT2D eigenvalue weighted by atomic mass is 9.73. The van der Waals surface area contributed by atoms with Crippen LogP contribution in [-0.2, 0) is 5.41 Å². The predicted molar refractivity (Wildman–Crippen MR) is 275 cm³/mol. The summed E-state index contributed by atoms with van der Waals surface area (Å²) in [5.41, 5.74) is 13.3. The summed E-state index contributed by atoms with van der Waals surface area (Å²) in [5, 5.41) is 9.53. The van der Waals surface area contributed by atoms with Gasteiger partial charge in [-0.1, -0.05) is 185 Å². The first-order chi connectivity index (χ1) is 32.0. The fraction of sp³-hybridized carbons (Fsp3) is 0.0820. The van der Waals surface area contributed by atoms with Crippen molar-refractivity contribution in [3.8, 4) is 28.1 Å². The van der Waals surface area contributed by atoms with E-state index < -0.39 is 0 Å². The average molecular weight is 835 g/mol. The fourth-order valence-electron chi connectivity index (χ4n) is 10.6. The van der Waals surface area contributed by atoms with Crippen LogP contribution in [0.3, 0.4) is 0 Å². The Kier molecular flexibility index (Phi) is 8.92. The first-order valence-electron chi connectivity index (χ1n) is 22.7. The number of benzene rings is 9. The predicted octanol–water partition coefficient (Wildman–Crippen LogP) is 16.7. The van der Waals surface area contributed by atoms with Crippen LogP contribution in [0.4, 0.5) is 17.2 Å². The molecule has 0 saturated heterocycles. The fourth-order valence-corrected chi connectivity index (χ4v) is 10.6. The van der Waals surface area contributed by atoms with E-state index >= 15 is 0 Å². The van der Waals surface area contributed by atoms with E-state index in [4.69, 9.17) is 9.97 Å². The number of pyridine rings is 2. The monoisotopic (exact) mass is 834 g/mol. The highest BCUT2D eigenvalue weighted by atomic mass is 15.2. The van der Waals surface area contributed by atoms with Crippen LogP contribution >= 0.6 is 0 Å². The highest BCUT2D eigenvalue weighted by Crippen LogP contribution is 2.54. The third kappa shape index (κ3) is 5.91. The van der Waals surface area contributed by atoms with Gasteiger partial charge >= 0.3 is 0 Å². The second-order valence-corrected chi connectivity index (χ2v) is 17.4. The molecule has 0 saturated carbocycles. The SMILES string of the molecule is CC.CC1(C)c2ccccc2N(c2cc(-c3cccc4ccccc34)c3ccccc3n2)c2cc3c(cc21)c1ccccc1n3-c1cc(-c2cccc3ccccc23)c2ccccc2n1. The lowest BCUT2D eigenvalue weighted by molar-refractivity contribution is 0.632. The van der Waals surface area contributed by atoms with Crippen molar-refractivity contribution in [2.24, 2.45) is 0 Å². The number of fused-ring (bicyclic) bond motifs is 9. The topological polar surface area (TPSA) is 34.0 Å². The van der Waals surface area contributed by atoms with Crippen LogP contribution in [0.25, 0.3) is 93.2 Å². The number of para-hydroxylation sites is 4. The molecule has 65 heavy (non-hydrogen) atoms. The Morgan fingerprint density at radius 1 is 0.354 bits per heavy atom. The molecule has 4 heterocycles. The van der Waals surface area contributed by atoms with Gasteiger partial charge in [-0.3, -0.25) is 9.47 Å². The van der Waals surface area contributed by atoms with Gasteiger partial charge in [0.15, 0.2) is 0 Å². The van der Waals surface area contributed by atoms with Gasteiger partial charge in [0.1, 0.15) is 11.6 Å². The van der Waals surface area contributed by atoms with E-state index in [2.05, 4.69) is 230 Å². The molecular formula is C61H46N4. The summed E-state index contributed by atoms with van der Waals surface area (Å²) in [6.45, 7) is 8.73. The molecule has 0 N–H and O–H groups in total. The molecule has 4 heteroatoms. The van der Waals surface area contributed by atoms with Crippen molar-refractivity contribution in [2.45, 2.75) is 33.1 Å². The molecule has 310 valence electrons. The van der Waals surface area contributed by atoms with E-state index in [1.807, 2.05) is 13.8 Å². The van der Waals surface area contributed by atoms with Crippen molar-refractivity contribution in [1.29, 1.82) is 0 Å². The molecule has 9 aromatic carbocycles. The molecular weight excluding hydrogens is 789 g/mol. The maximum absolute atomic E-state index is 5.53. The molecule has 1 aliphatic rings. The number of nitrogens with zero attached hydrogens (tertiary/aromatic N) is 4. The third-order valence-corrected chi connectivity index (χ3v) is 13.5. The number of hydrogen-bond donors (Lipinski definition) is 0. The van der Waals surface area contributed by atoms with Crippen LogP contribution in [0.1, 0.15) is 38.8 Å². The molecule has 12 aromatic rings. The van der Waals surface area contributed by atoms with Gasteiger partial charge in [-0.15, -0.1) is 0 Å². The van der Waals surface area contributed by atoms with Gasteiger partial charge in [-0.05, 0) is 103 Å². The maximum atomic E-state index is 5.53. The quantitative estimate of drug-likeness (QED) is 0.177. The molecule has 0 amide bonds. The Balaban J connectivity index is 0.00000219. The number of hydrogen-bond acceptors (Lipinski definition) is 3. The summed E-state index contributed by atoms with van der Waals surface area (Å²) < 4.78 is 2.38. The van der Waals surface area contributed by atoms with Crippen LogP contribution in [0.2, 0.25) is 0 Å². The smallest absolute Gasteiger partial charge is 0.138 e. The first-order valence-corrected chi connectivity index (χ1v) is 22.7.